The monoisotopic (exact) mass is 198 g/mol. The van der Waals surface area contributed by atoms with Crippen LogP contribution in [0.5, 0.6) is 0 Å². The van der Waals surface area contributed by atoms with Crippen molar-refractivity contribution in [1.82, 2.24) is 4.98 Å². The van der Waals surface area contributed by atoms with Crippen LogP contribution in [0.3, 0.4) is 0 Å². The van der Waals surface area contributed by atoms with E-state index in [-0.39, 0.29) is 5.41 Å². The lowest BCUT2D eigenvalue weighted by atomic mass is 9.81. The second-order valence-electron chi connectivity index (χ2n) is 3.92. The van der Waals surface area contributed by atoms with Gasteiger partial charge < -0.3 is 5.73 Å². The Morgan fingerprint density at radius 3 is 2.85 bits per heavy atom. The smallest absolute Gasteiger partial charge is 0.0794 e. The Kier molecular flexibility index (Phi) is 3.88. The van der Waals surface area contributed by atoms with Gasteiger partial charge in [0.1, 0.15) is 0 Å². The third-order valence-corrected chi connectivity index (χ3v) is 3.07. The molecule has 0 spiro atoms. The number of nitrogens with zero attached hydrogens (tertiary/aromatic N) is 1. The standard InChI is InChI=1S/C10H18N2S/c1-3-4-10(2,7-11)5-9-6-13-8-12-9/h6,8H,3-5,7,11H2,1-2H3. The summed E-state index contributed by atoms with van der Waals surface area (Å²) in [5.41, 5.74) is 9.10. The molecule has 1 rings (SSSR count). The van der Waals surface area contributed by atoms with E-state index in [4.69, 9.17) is 5.73 Å². The maximum absolute atomic E-state index is 5.79. The van der Waals surface area contributed by atoms with E-state index in [2.05, 4.69) is 24.2 Å². The molecule has 1 unspecified atom stereocenters. The van der Waals surface area contributed by atoms with Gasteiger partial charge in [-0.05, 0) is 24.8 Å². The van der Waals surface area contributed by atoms with Crippen molar-refractivity contribution in [3.63, 3.8) is 0 Å². The number of aromatic nitrogens is 1. The highest BCUT2D eigenvalue weighted by Crippen LogP contribution is 2.26. The number of hydrogen-bond acceptors (Lipinski definition) is 3. The number of rotatable bonds is 5. The van der Waals surface area contributed by atoms with Gasteiger partial charge in [0, 0.05) is 5.38 Å². The normalized spacial score (nSPS) is 15.6. The minimum absolute atomic E-state index is 0.239. The van der Waals surface area contributed by atoms with Crippen LogP contribution in [-0.2, 0) is 6.42 Å². The molecule has 2 N–H and O–H groups in total. The summed E-state index contributed by atoms with van der Waals surface area (Å²) in [5, 5.41) is 2.11. The van der Waals surface area contributed by atoms with Gasteiger partial charge >= 0.3 is 0 Å². The predicted molar refractivity (Wildman–Crippen MR) is 57.9 cm³/mol. The molecule has 0 radical (unpaired) electrons. The van der Waals surface area contributed by atoms with E-state index < -0.39 is 0 Å². The van der Waals surface area contributed by atoms with Gasteiger partial charge in [0.05, 0.1) is 11.2 Å². The Bertz CT molecular complexity index is 233. The third kappa shape index (κ3) is 3.08. The van der Waals surface area contributed by atoms with Crippen molar-refractivity contribution < 1.29 is 0 Å². The van der Waals surface area contributed by atoms with Gasteiger partial charge in [-0.3, -0.25) is 0 Å². The molecular weight excluding hydrogens is 180 g/mol. The number of hydrogen-bond donors (Lipinski definition) is 1. The molecule has 1 aromatic rings. The van der Waals surface area contributed by atoms with Crippen molar-refractivity contribution in [3.8, 4) is 0 Å². The molecule has 0 saturated carbocycles. The molecule has 0 aliphatic heterocycles. The fraction of sp³-hybridized carbons (Fsp3) is 0.700. The summed E-state index contributed by atoms with van der Waals surface area (Å²) < 4.78 is 0. The highest BCUT2D eigenvalue weighted by Gasteiger charge is 2.22. The van der Waals surface area contributed by atoms with E-state index >= 15 is 0 Å². The van der Waals surface area contributed by atoms with Crippen LogP contribution in [0.15, 0.2) is 10.9 Å². The topological polar surface area (TPSA) is 38.9 Å². The molecule has 1 heterocycles. The quantitative estimate of drug-likeness (QED) is 0.789. The van der Waals surface area contributed by atoms with Gasteiger partial charge in [-0.1, -0.05) is 20.3 Å². The largest absolute Gasteiger partial charge is 0.330 e. The summed E-state index contributed by atoms with van der Waals surface area (Å²) >= 11 is 1.66. The van der Waals surface area contributed by atoms with Gasteiger partial charge in [0.2, 0.25) is 0 Å². The van der Waals surface area contributed by atoms with Crippen LogP contribution < -0.4 is 5.73 Å². The lowest BCUT2D eigenvalue weighted by molar-refractivity contribution is 0.300. The van der Waals surface area contributed by atoms with Crippen LogP contribution in [0.2, 0.25) is 0 Å². The van der Waals surface area contributed by atoms with E-state index in [0.29, 0.717) is 0 Å². The summed E-state index contributed by atoms with van der Waals surface area (Å²) in [4.78, 5) is 4.29. The van der Waals surface area contributed by atoms with Gasteiger partial charge in [0.15, 0.2) is 0 Å². The second-order valence-corrected chi connectivity index (χ2v) is 4.64. The second kappa shape index (κ2) is 4.72. The summed E-state index contributed by atoms with van der Waals surface area (Å²) in [6, 6.07) is 0. The fourth-order valence-corrected chi connectivity index (χ4v) is 2.19. The van der Waals surface area contributed by atoms with Gasteiger partial charge in [-0.2, -0.15) is 0 Å². The van der Waals surface area contributed by atoms with Crippen LogP contribution in [0.1, 0.15) is 32.4 Å². The summed E-state index contributed by atoms with van der Waals surface area (Å²) in [5.74, 6) is 0. The van der Waals surface area contributed by atoms with E-state index in [1.165, 1.54) is 18.5 Å². The molecule has 0 aliphatic carbocycles. The molecule has 1 aromatic heterocycles. The van der Waals surface area contributed by atoms with Crippen LogP contribution in [0.25, 0.3) is 0 Å². The molecule has 0 aliphatic rings. The van der Waals surface area contributed by atoms with E-state index in [1.807, 2.05) is 5.51 Å². The first-order chi connectivity index (χ1) is 6.20. The Morgan fingerprint density at radius 1 is 1.62 bits per heavy atom. The van der Waals surface area contributed by atoms with E-state index in [0.717, 1.165) is 13.0 Å². The molecule has 3 heteroatoms. The van der Waals surface area contributed by atoms with Crippen molar-refractivity contribution in [2.75, 3.05) is 6.54 Å². The minimum Gasteiger partial charge on any atom is -0.330 e. The van der Waals surface area contributed by atoms with Crippen LogP contribution in [0, 0.1) is 5.41 Å². The first kappa shape index (κ1) is 10.7. The van der Waals surface area contributed by atoms with Crippen molar-refractivity contribution >= 4 is 11.3 Å². The Labute approximate surface area is 84.2 Å². The average Bonchev–Trinajstić information content (AvgIpc) is 2.57. The molecule has 0 fully saturated rings. The van der Waals surface area contributed by atoms with Gasteiger partial charge in [-0.25, -0.2) is 4.98 Å². The molecular formula is C10H18N2S. The molecule has 0 saturated heterocycles. The number of nitrogens with two attached hydrogens (primary N) is 1. The Morgan fingerprint density at radius 2 is 2.38 bits per heavy atom. The molecule has 0 aromatic carbocycles. The summed E-state index contributed by atoms with van der Waals surface area (Å²) in [7, 11) is 0. The molecule has 2 nitrogen and oxygen atoms in total. The van der Waals surface area contributed by atoms with Crippen LogP contribution in [-0.4, -0.2) is 11.5 Å². The molecule has 0 bridgehead atoms. The zero-order valence-electron chi connectivity index (χ0n) is 8.42. The van der Waals surface area contributed by atoms with Crippen molar-refractivity contribution in [2.45, 2.75) is 33.1 Å². The Balaban J connectivity index is 2.58. The maximum Gasteiger partial charge on any atom is 0.0794 e. The van der Waals surface area contributed by atoms with E-state index in [1.54, 1.807) is 11.3 Å². The van der Waals surface area contributed by atoms with Crippen molar-refractivity contribution in [2.24, 2.45) is 11.1 Å². The van der Waals surface area contributed by atoms with E-state index in [9.17, 15) is 0 Å². The van der Waals surface area contributed by atoms with Gasteiger partial charge in [-0.15, -0.1) is 11.3 Å². The lowest BCUT2D eigenvalue weighted by Crippen LogP contribution is -2.29. The predicted octanol–water partition coefficient (Wildman–Crippen LogP) is 2.45. The Hall–Kier alpha value is -0.410. The first-order valence-electron chi connectivity index (χ1n) is 4.77. The third-order valence-electron chi connectivity index (χ3n) is 2.44. The zero-order valence-corrected chi connectivity index (χ0v) is 9.23. The average molecular weight is 198 g/mol. The summed E-state index contributed by atoms with van der Waals surface area (Å²) in [6.45, 7) is 5.20. The van der Waals surface area contributed by atoms with Gasteiger partial charge in [0.25, 0.3) is 0 Å². The molecule has 74 valence electrons. The molecule has 1 atom stereocenters. The highest BCUT2D eigenvalue weighted by atomic mass is 32.1. The lowest BCUT2D eigenvalue weighted by Gasteiger charge is -2.26. The maximum atomic E-state index is 5.79. The first-order valence-corrected chi connectivity index (χ1v) is 5.71. The SMILES string of the molecule is CCCC(C)(CN)Cc1cscn1. The number of thiazole rings is 1. The minimum atomic E-state index is 0.239. The van der Waals surface area contributed by atoms with Crippen molar-refractivity contribution in [3.05, 3.63) is 16.6 Å². The van der Waals surface area contributed by atoms with Crippen molar-refractivity contribution in [1.29, 1.82) is 0 Å². The highest BCUT2D eigenvalue weighted by molar-refractivity contribution is 7.07. The van der Waals surface area contributed by atoms with Crippen LogP contribution in [0.4, 0.5) is 0 Å². The zero-order chi connectivity index (χ0) is 9.73. The van der Waals surface area contributed by atoms with Crippen LogP contribution >= 0.6 is 11.3 Å². The molecule has 0 amide bonds. The summed E-state index contributed by atoms with van der Waals surface area (Å²) in [6.07, 6.45) is 3.39. The fourth-order valence-electron chi connectivity index (χ4n) is 1.63. The molecule has 13 heavy (non-hydrogen) atoms.